The molecule has 4 aromatic rings. The number of fused-ring (bicyclic) bond motifs is 1. The quantitative estimate of drug-likeness (QED) is 0.401. The van der Waals surface area contributed by atoms with E-state index in [1.807, 2.05) is 49.4 Å². The zero-order valence-corrected chi connectivity index (χ0v) is 19.1. The molecule has 0 fully saturated rings. The molecule has 0 atom stereocenters. The molecule has 0 aliphatic rings. The van der Waals surface area contributed by atoms with E-state index in [-0.39, 0.29) is 11.0 Å². The summed E-state index contributed by atoms with van der Waals surface area (Å²) in [6.07, 6.45) is 0. The smallest absolute Gasteiger partial charge is 0.257 e. The van der Waals surface area contributed by atoms with Crippen molar-refractivity contribution in [1.82, 2.24) is 20.3 Å². The maximum absolute atomic E-state index is 12.5. The highest BCUT2D eigenvalue weighted by Crippen LogP contribution is 2.26. The van der Waals surface area contributed by atoms with E-state index in [4.69, 9.17) is 17.0 Å². The fourth-order valence-electron chi connectivity index (χ4n) is 3.02. The molecule has 0 bridgehead atoms. The Hall–Kier alpha value is -3.30. The van der Waals surface area contributed by atoms with Crippen molar-refractivity contribution in [3.8, 4) is 11.4 Å². The first-order chi connectivity index (χ1) is 14.9. The summed E-state index contributed by atoms with van der Waals surface area (Å²) in [6.45, 7) is 1.94. The number of aryl methyl sites for hydroxylation is 1. The van der Waals surface area contributed by atoms with E-state index >= 15 is 0 Å². The number of ether oxygens (including phenoxy) is 1. The molecule has 7 nitrogen and oxygen atoms in total. The van der Waals surface area contributed by atoms with Crippen LogP contribution in [0.15, 0.2) is 65.1 Å². The zero-order chi connectivity index (χ0) is 22.0. The van der Waals surface area contributed by atoms with Gasteiger partial charge in [0.2, 0.25) is 0 Å². The first kappa shape index (κ1) is 21.0. The van der Waals surface area contributed by atoms with Crippen LogP contribution in [0, 0.1) is 6.92 Å². The van der Waals surface area contributed by atoms with Gasteiger partial charge in [0.05, 0.1) is 17.3 Å². The number of nitrogens with one attached hydrogen (secondary N) is 2. The number of amides is 1. The van der Waals surface area contributed by atoms with Crippen LogP contribution in [0.1, 0.15) is 15.9 Å². The minimum atomic E-state index is -0.324. The van der Waals surface area contributed by atoms with Gasteiger partial charge in [-0.3, -0.25) is 10.1 Å². The number of benzene rings is 3. The first-order valence-corrected chi connectivity index (χ1v) is 10.5. The van der Waals surface area contributed by atoms with Gasteiger partial charge in [-0.1, -0.05) is 18.2 Å². The van der Waals surface area contributed by atoms with Crippen LogP contribution in [0.25, 0.3) is 16.7 Å². The van der Waals surface area contributed by atoms with E-state index in [0.29, 0.717) is 21.3 Å². The van der Waals surface area contributed by atoms with E-state index in [9.17, 15) is 4.79 Å². The number of carbonyl (C=O) groups is 1. The molecule has 0 aliphatic carbocycles. The van der Waals surface area contributed by atoms with Crippen LogP contribution in [0.4, 0.5) is 5.69 Å². The van der Waals surface area contributed by atoms with Gasteiger partial charge in [0.25, 0.3) is 5.91 Å². The highest BCUT2D eigenvalue weighted by molar-refractivity contribution is 9.10. The minimum Gasteiger partial charge on any atom is -0.496 e. The van der Waals surface area contributed by atoms with E-state index in [0.717, 1.165) is 22.5 Å². The van der Waals surface area contributed by atoms with Crippen LogP contribution in [0.3, 0.4) is 0 Å². The molecule has 2 N–H and O–H groups in total. The number of hydrogen-bond donors (Lipinski definition) is 2. The standard InChI is InChI=1S/C22H18BrN5O2S/c1-13-10-18-19(27-28(26-18)15-6-4-3-5-7-15)12-17(13)24-22(31)25-21(29)14-8-9-20(30-2)16(23)11-14/h3-12H,1-2H3,(H2,24,25,29,31). The Labute approximate surface area is 192 Å². The lowest BCUT2D eigenvalue weighted by molar-refractivity contribution is 0.0977. The number of halogens is 1. The highest BCUT2D eigenvalue weighted by atomic mass is 79.9. The van der Waals surface area contributed by atoms with Crippen LogP contribution in [-0.4, -0.2) is 33.1 Å². The van der Waals surface area contributed by atoms with Gasteiger partial charge >= 0.3 is 0 Å². The molecule has 156 valence electrons. The van der Waals surface area contributed by atoms with Gasteiger partial charge in [0, 0.05) is 11.3 Å². The molecule has 31 heavy (non-hydrogen) atoms. The van der Waals surface area contributed by atoms with Crippen molar-refractivity contribution in [3.63, 3.8) is 0 Å². The third-order valence-electron chi connectivity index (χ3n) is 4.60. The number of para-hydroxylation sites is 1. The van der Waals surface area contributed by atoms with Crippen molar-refractivity contribution >= 4 is 55.9 Å². The molecule has 0 saturated heterocycles. The summed E-state index contributed by atoms with van der Waals surface area (Å²) in [5, 5.41) is 15.0. The molecule has 1 amide bonds. The summed E-state index contributed by atoms with van der Waals surface area (Å²) in [5.74, 6) is 0.319. The van der Waals surface area contributed by atoms with Crippen molar-refractivity contribution in [2.45, 2.75) is 6.92 Å². The number of nitrogens with zero attached hydrogens (tertiary/aromatic N) is 3. The number of aromatic nitrogens is 3. The Morgan fingerprint density at radius 3 is 2.45 bits per heavy atom. The topological polar surface area (TPSA) is 81.1 Å². The van der Waals surface area contributed by atoms with Gasteiger partial charge in [-0.05, 0) is 83.1 Å². The Morgan fingerprint density at radius 2 is 1.77 bits per heavy atom. The van der Waals surface area contributed by atoms with Crippen LogP contribution in [-0.2, 0) is 0 Å². The van der Waals surface area contributed by atoms with Gasteiger partial charge in [-0.25, -0.2) is 0 Å². The number of anilines is 1. The van der Waals surface area contributed by atoms with Crippen molar-refractivity contribution in [3.05, 3.63) is 76.3 Å². The molecule has 0 spiro atoms. The van der Waals surface area contributed by atoms with Gasteiger partial charge in [-0.15, -0.1) is 10.2 Å². The third kappa shape index (κ3) is 4.57. The van der Waals surface area contributed by atoms with Crippen LogP contribution in [0.2, 0.25) is 0 Å². The van der Waals surface area contributed by atoms with Gasteiger partial charge < -0.3 is 10.1 Å². The molecule has 1 heterocycles. The van der Waals surface area contributed by atoms with E-state index in [2.05, 4.69) is 36.8 Å². The Kier molecular flexibility index (Phi) is 5.97. The van der Waals surface area contributed by atoms with E-state index in [1.165, 1.54) is 0 Å². The van der Waals surface area contributed by atoms with Crippen molar-refractivity contribution < 1.29 is 9.53 Å². The Balaban J connectivity index is 1.51. The number of thiocarbonyl (C=S) groups is 1. The van der Waals surface area contributed by atoms with Gasteiger partial charge in [0.15, 0.2) is 5.11 Å². The van der Waals surface area contributed by atoms with Crippen LogP contribution >= 0.6 is 28.1 Å². The van der Waals surface area contributed by atoms with E-state index in [1.54, 1.807) is 30.1 Å². The fraction of sp³-hybridized carbons (Fsp3) is 0.0909. The fourth-order valence-corrected chi connectivity index (χ4v) is 3.76. The summed E-state index contributed by atoms with van der Waals surface area (Å²) >= 11 is 8.72. The summed E-state index contributed by atoms with van der Waals surface area (Å²) in [7, 11) is 1.57. The number of hydrogen-bond acceptors (Lipinski definition) is 5. The van der Waals surface area contributed by atoms with Gasteiger partial charge in [0.1, 0.15) is 16.8 Å². The second-order valence-corrected chi connectivity index (χ2v) is 8.00. The monoisotopic (exact) mass is 495 g/mol. The van der Waals surface area contributed by atoms with Gasteiger partial charge in [-0.2, -0.15) is 4.80 Å². The van der Waals surface area contributed by atoms with Crippen LogP contribution < -0.4 is 15.4 Å². The average molecular weight is 496 g/mol. The Bertz CT molecular complexity index is 1290. The molecule has 3 aromatic carbocycles. The normalized spacial score (nSPS) is 10.7. The minimum absolute atomic E-state index is 0.190. The summed E-state index contributed by atoms with van der Waals surface area (Å²) in [4.78, 5) is 14.1. The van der Waals surface area contributed by atoms with E-state index < -0.39 is 0 Å². The molecular weight excluding hydrogens is 478 g/mol. The van der Waals surface area contributed by atoms with Crippen LogP contribution in [0.5, 0.6) is 5.75 Å². The van der Waals surface area contributed by atoms with Crippen molar-refractivity contribution in [2.24, 2.45) is 0 Å². The molecule has 0 aliphatic heterocycles. The number of carbonyl (C=O) groups excluding carboxylic acids is 1. The average Bonchev–Trinajstić information content (AvgIpc) is 3.17. The lowest BCUT2D eigenvalue weighted by atomic mass is 10.2. The molecular formula is C22H18BrN5O2S. The predicted octanol–water partition coefficient (Wildman–Crippen LogP) is 4.63. The lowest BCUT2D eigenvalue weighted by Gasteiger charge is -2.12. The maximum atomic E-state index is 12.5. The predicted molar refractivity (Wildman–Crippen MR) is 128 cm³/mol. The number of rotatable bonds is 4. The molecule has 0 unspecified atom stereocenters. The SMILES string of the molecule is COc1ccc(C(=O)NC(=S)Nc2cc3nn(-c4ccccc4)nc3cc2C)cc1Br. The molecule has 1 aromatic heterocycles. The summed E-state index contributed by atoms with van der Waals surface area (Å²) in [5.41, 5.74) is 4.48. The third-order valence-corrected chi connectivity index (χ3v) is 5.43. The second kappa shape index (κ2) is 8.83. The maximum Gasteiger partial charge on any atom is 0.257 e. The molecule has 0 radical (unpaired) electrons. The summed E-state index contributed by atoms with van der Waals surface area (Å²) in [6, 6.07) is 18.5. The molecule has 0 saturated carbocycles. The highest BCUT2D eigenvalue weighted by Gasteiger charge is 2.13. The Morgan fingerprint density at radius 1 is 1.06 bits per heavy atom. The first-order valence-electron chi connectivity index (χ1n) is 9.33. The summed E-state index contributed by atoms with van der Waals surface area (Å²) < 4.78 is 5.87. The molecule has 9 heteroatoms. The second-order valence-electron chi connectivity index (χ2n) is 6.74. The zero-order valence-electron chi connectivity index (χ0n) is 16.7. The molecule has 4 rings (SSSR count). The number of methoxy groups -OCH3 is 1. The largest absolute Gasteiger partial charge is 0.496 e. The van der Waals surface area contributed by atoms with Crippen molar-refractivity contribution in [1.29, 1.82) is 0 Å². The lowest BCUT2D eigenvalue weighted by Crippen LogP contribution is -2.34. The van der Waals surface area contributed by atoms with Crippen molar-refractivity contribution in [2.75, 3.05) is 12.4 Å².